The summed E-state index contributed by atoms with van der Waals surface area (Å²) in [6.07, 6.45) is -0.597. The van der Waals surface area contributed by atoms with Crippen LogP contribution in [0, 0.1) is 0 Å². The van der Waals surface area contributed by atoms with E-state index >= 15 is 0 Å². The van der Waals surface area contributed by atoms with Crippen LogP contribution in [-0.4, -0.2) is 46.2 Å². The molecule has 0 radical (unpaired) electrons. The van der Waals surface area contributed by atoms with Crippen molar-refractivity contribution >= 4 is 23.7 Å². The third-order valence-corrected chi connectivity index (χ3v) is 4.26. The van der Waals surface area contributed by atoms with E-state index in [1.54, 1.807) is 57.2 Å². The number of hydrogen-bond donors (Lipinski definition) is 3. The van der Waals surface area contributed by atoms with Crippen LogP contribution in [0.3, 0.4) is 0 Å². The van der Waals surface area contributed by atoms with Gasteiger partial charge in [0.1, 0.15) is 18.2 Å². The third kappa shape index (κ3) is 8.38. The van der Waals surface area contributed by atoms with Crippen molar-refractivity contribution in [1.82, 2.24) is 10.2 Å². The average Bonchev–Trinajstić information content (AvgIpc) is 2.67. The molecule has 2 aromatic carbocycles. The summed E-state index contributed by atoms with van der Waals surface area (Å²) in [5, 5.41) is 11.9. The van der Waals surface area contributed by atoms with Crippen molar-refractivity contribution in [2.24, 2.45) is 0 Å². The van der Waals surface area contributed by atoms with Gasteiger partial charge in [0.15, 0.2) is 0 Å². The fraction of sp³-hybridized carbons (Fsp3) is 0.348. The molecule has 0 heterocycles. The smallest absolute Gasteiger partial charge is 0.408 e. The SMILES string of the molecule is CC(C)(C)OC(=O)N[C@@H](Cc1ccc(N)cc1)C(=O)N(CC(=O)O)Cc1ccccc1. The van der Waals surface area contributed by atoms with E-state index in [1.807, 2.05) is 18.2 Å². The zero-order valence-electron chi connectivity index (χ0n) is 18.0. The summed E-state index contributed by atoms with van der Waals surface area (Å²) in [7, 11) is 0. The second-order valence-corrected chi connectivity index (χ2v) is 8.22. The van der Waals surface area contributed by atoms with Crippen LogP contribution in [0.2, 0.25) is 0 Å². The highest BCUT2D eigenvalue weighted by Gasteiger charge is 2.29. The molecule has 2 rings (SSSR count). The Balaban J connectivity index is 2.28. The summed E-state index contributed by atoms with van der Waals surface area (Å²) in [6.45, 7) is 4.75. The first-order valence-corrected chi connectivity index (χ1v) is 9.92. The molecule has 166 valence electrons. The zero-order valence-corrected chi connectivity index (χ0v) is 18.0. The molecule has 2 aromatic rings. The Labute approximate surface area is 182 Å². The Bertz CT molecular complexity index is 892. The molecule has 0 bridgehead atoms. The number of nitrogens with one attached hydrogen (secondary N) is 1. The number of carboxylic acids is 1. The fourth-order valence-corrected chi connectivity index (χ4v) is 2.94. The maximum Gasteiger partial charge on any atom is 0.408 e. The summed E-state index contributed by atoms with van der Waals surface area (Å²) in [5.41, 5.74) is 7.09. The number of anilines is 1. The standard InChI is InChI=1S/C23H29N3O5/c1-23(2,3)31-22(30)25-19(13-16-9-11-18(24)12-10-16)21(29)26(15-20(27)28)14-17-7-5-4-6-8-17/h4-12,19H,13-15,24H2,1-3H3,(H,25,30)(H,27,28)/t19-/m0/s1. The first-order chi connectivity index (χ1) is 14.5. The average molecular weight is 428 g/mol. The number of amides is 2. The summed E-state index contributed by atoms with van der Waals surface area (Å²) in [5.74, 6) is -1.67. The predicted octanol–water partition coefficient (Wildman–Crippen LogP) is 2.82. The molecule has 0 unspecified atom stereocenters. The van der Waals surface area contributed by atoms with Gasteiger partial charge in [0.2, 0.25) is 5.91 Å². The van der Waals surface area contributed by atoms with E-state index in [2.05, 4.69) is 5.32 Å². The molecule has 0 aliphatic carbocycles. The van der Waals surface area contributed by atoms with Crippen LogP contribution in [0.4, 0.5) is 10.5 Å². The van der Waals surface area contributed by atoms with Gasteiger partial charge in [-0.3, -0.25) is 9.59 Å². The van der Waals surface area contributed by atoms with Crippen molar-refractivity contribution < 1.29 is 24.2 Å². The maximum absolute atomic E-state index is 13.3. The molecule has 0 aliphatic heterocycles. The van der Waals surface area contributed by atoms with E-state index in [0.29, 0.717) is 5.69 Å². The minimum absolute atomic E-state index is 0.0974. The molecule has 2 amide bonds. The lowest BCUT2D eigenvalue weighted by Crippen LogP contribution is -2.51. The van der Waals surface area contributed by atoms with Crippen LogP contribution in [0.1, 0.15) is 31.9 Å². The van der Waals surface area contributed by atoms with Crippen molar-refractivity contribution in [1.29, 1.82) is 0 Å². The highest BCUT2D eigenvalue weighted by atomic mass is 16.6. The fourth-order valence-electron chi connectivity index (χ4n) is 2.94. The molecule has 8 heteroatoms. The number of nitrogens with two attached hydrogens (primary N) is 1. The summed E-state index contributed by atoms with van der Waals surface area (Å²) in [6, 6.07) is 15.0. The van der Waals surface area contributed by atoms with Gasteiger partial charge in [-0.1, -0.05) is 42.5 Å². The van der Waals surface area contributed by atoms with Crippen molar-refractivity contribution in [3.8, 4) is 0 Å². The van der Waals surface area contributed by atoms with Crippen LogP contribution in [0.25, 0.3) is 0 Å². The number of nitrogens with zero attached hydrogens (tertiary/aromatic N) is 1. The predicted molar refractivity (Wildman–Crippen MR) is 117 cm³/mol. The molecule has 1 atom stereocenters. The largest absolute Gasteiger partial charge is 0.480 e. The normalized spacial score (nSPS) is 12.0. The highest BCUT2D eigenvalue weighted by Crippen LogP contribution is 2.13. The summed E-state index contributed by atoms with van der Waals surface area (Å²) in [4.78, 5) is 38.3. The molecular formula is C23H29N3O5. The number of benzene rings is 2. The van der Waals surface area contributed by atoms with Gasteiger partial charge in [0.25, 0.3) is 0 Å². The van der Waals surface area contributed by atoms with Crippen LogP contribution >= 0.6 is 0 Å². The highest BCUT2D eigenvalue weighted by molar-refractivity contribution is 5.88. The van der Waals surface area contributed by atoms with Crippen LogP contribution in [0.15, 0.2) is 54.6 Å². The van der Waals surface area contributed by atoms with Gasteiger partial charge in [0, 0.05) is 18.7 Å². The van der Waals surface area contributed by atoms with Crippen molar-refractivity contribution in [3.63, 3.8) is 0 Å². The number of carbonyl (C=O) groups excluding carboxylic acids is 2. The first kappa shape index (κ1) is 23.7. The third-order valence-electron chi connectivity index (χ3n) is 4.26. The van der Waals surface area contributed by atoms with Gasteiger partial charge in [-0.05, 0) is 44.0 Å². The molecule has 0 aliphatic rings. The quantitative estimate of drug-likeness (QED) is 0.557. The van der Waals surface area contributed by atoms with E-state index < -0.39 is 36.2 Å². The molecule has 31 heavy (non-hydrogen) atoms. The van der Waals surface area contributed by atoms with Crippen LogP contribution < -0.4 is 11.1 Å². The Morgan fingerprint density at radius 2 is 1.65 bits per heavy atom. The lowest BCUT2D eigenvalue weighted by molar-refractivity contribution is -0.145. The number of hydrogen-bond acceptors (Lipinski definition) is 5. The molecule has 8 nitrogen and oxygen atoms in total. The van der Waals surface area contributed by atoms with E-state index in [1.165, 1.54) is 4.90 Å². The molecular weight excluding hydrogens is 398 g/mol. The van der Waals surface area contributed by atoms with Gasteiger partial charge in [0.05, 0.1) is 0 Å². The Morgan fingerprint density at radius 3 is 2.19 bits per heavy atom. The number of ether oxygens (including phenoxy) is 1. The zero-order chi connectivity index (χ0) is 23.0. The lowest BCUT2D eigenvalue weighted by Gasteiger charge is -2.28. The number of rotatable bonds is 8. The first-order valence-electron chi connectivity index (χ1n) is 9.92. The minimum atomic E-state index is -1.15. The van der Waals surface area contributed by atoms with E-state index in [4.69, 9.17) is 10.5 Å². The van der Waals surface area contributed by atoms with Gasteiger partial charge < -0.3 is 25.8 Å². The molecule has 4 N–H and O–H groups in total. The molecule has 0 saturated carbocycles. The van der Waals surface area contributed by atoms with Gasteiger partial charge >= 0.3 is 12.1 Å². The van der Waals surface area contributed by atoms with Crippen LogP contribution in [0.5, 0.6) is 0 Å². The lowest BCUT2D eigenvalue weighted by atomic mass is 10.0. The maximum atomic E-state index is 13.3. The summed E-state index contributed by atoms with van der Waals surface area (Å²) >= 11 is 0. The number of carboxylic acid groups (broad SMARTS) is 1. The van der Waals surface area contributed by atoms with Crippen molar-refractivity contribution in [3.05, 3.63) is 65.7 Å². The monoisotopic (exact) mass is 427 g/mol. The van der Waals surface area contributed by atoms with Gasteiger partial charge in [-0.15, -0.1) is 0 Å². The number of nitrogen functional groups attached to an aromatic ring is 1. The second-order valence-electron chi connectivity index (χ2n) is 8.22. The molecule has 0 saturated heterocycles. The van der Waals surface area contributed by atoms with E-state index in [0.717, 1.165) is 11.1 Å². The van der Waals surface area contributed by atoms with Crippen molar-refractivity contribution in [2.75, 3.05) is 12.3 Å². The second kappa shape index (κ2) is 10.5. The van der Waals surface area contributed by atoms with E-state index in [9.17, 15) is 19.5 Å². The van der Waals surface area contributed by atoms with Crippen molar-refractivity contribution in [2.45, 2.75) is 45.4 Å². The Hall–Kier alpha value is -3.55. The number of alkyl carbamates (subject to hydrolysis) is 1. The van der Waals surface area contributed by atoms with Gasteiger partial charge in [-0.25, -0.2) is 4.79 Å². The minimum Gasteiger partial charge on any atom is -0.480 e. The molecule has 0 aromatic heterocycles. The van der Waals surface area contributed by atoms with Crippen LogP contribution in [-0.2, 0) is 27.3 Å². The Morgan fingerprint density at radius 1 is 1.03 bits per heavy atom. The topological polar surface area (TPSA) is 122 Å². The Kier molecular flexibility index (Phi) is 8.01. The summed E-state index contributed by atoms with van der Waals surface area (Å²) < 4.78 is 5.30. The molecule has 0 spiro atoms. The van der Waals surface area contributed by atoms with Gasteiger partial charge in [-0.2, -0.15) is 0 Å². The molecule has 0 fully saturated rings. The van der Waals surface area contributed by atoms with E-state index in [-0.39, 0.29) is 13.0 Å². The number of carbonyl (C=O) groups is 3. The number of aliphatic carboxylic acids is 1.